The molecule has 2 N–H and O–H groups in total. The Bertz CT molecular complexity index is 264. The Hall–Kier alpha value is -0.830. The topological polar surface area (TPSA) is 43.8 Å². The van der Waals surface area contributed by atoms with Gasteiger partial charge in [0.1, 0.15) is 5.82 Å². The van der Waals surface area contributed by atoms with E-state index in [-0.39, 0.29) is 5.54 Å². The summed E-state index contributed by atoms with van der Waals surface area (Å²) in [5.41, 5.74) is 6.95. The number of aromatic nitrogens is 2. The second kappa shape index (κ2) is 1.85. The summed E-state index contributed by atoms with van der Waals surface area (Å²) >= 11 is 0. The summed E-state index contributed by atoms with van der Waals surface area (Å²) < 4.78 is 2.02. The van der Waals surface area contributed by atoms with Crippen LogP contribution in [0.15, 0.2) is 6.20 Å². The van der Waals surface area contributed by atoms with Gasteiger partial charge in [-0.15, -0.1) is 0 Å². The van der Waals surface area contributed by atoms with Crippen molar-refractivity contribution >= 4 is 0 Å². The molecule has 1 heterocycles. The van der Waals surface area contributed by atoms with Gasteiger partial charge in [0, 0.05) is 13.2 Å². The van der Waals surface area contributed by atoms with Gasteiger partial charge in [-0.1, -0.05) is 0 Å². The van der Waals surface area contributed by atoms with Gasteiger partial charge in [0.2, 0.25) is 0 Å². The van der Waals surface area contributed by atoms with E-state index in [1.165, 1.54) is 0 Å². The number of hydrogen-bond donors (Lipinski definition) is 1. The fourth-order valence-electron chi connectivity index (χ4n) is 1.19. The van der Waals surface area contributed by atoms with Gasteiger partial charge in [0.05, 0.1) is 11.2 Å². The molecule has 2 rings (SSSR count). The summed E-state index contributed by atoms with van der Waals surface area (Å²) in [5, 5.41) is 0. The summed E-state index contributed by atoms with van der Waals surface area (Å²) in [5.74, 6) is 1.04. The first-order chi connectivity index (χ1) is 5.12. The van der Waals surface area contributed by atoms with Crippen LogP contribution in [0.3, 0.4) is 0 Å². The third-order valence-electron chi connectivity index (χ3n) is 2.41. The fourth-order valence-corrected chi connectivity index (χ4v) is 1.19. The van der Waals surface area contributed by atoms with Crippen LogP contribution < -0.4 is 5.73 Å². The van der Waals surface area contributed by atoms with Crippen LogP contribution in [0.4, 0.5) is 0 Å². The fraction of sp³-hybridized carbons (Fsp3) is 0.625. The van der Waals surface area contributed by atoms with Crippen molar-refractivity contribution in [3.63, 3.8) is 0 Å². The van der Waals surface area contributed by atoms with Gasteiger partial charge in [-0.05, 0) is 19.8 Å². The quantitative estimate of drug-likeness (QED) is 0.641. The molecule has 11 heavy (non-hydrogen) atoms. The molecule has 0 bridgehead atoms. The minimum Gasteiger partial charge on any atom is -0.338 e. The zero-order chi connectivity index (χ0) is 8.06. The lowest BCUT2D eigenvalue weighted by Gasteiger charge is -2.01. The van der Waals surface area contributed by atoms with Gasteiger partial charge < -0.3 is 10.3 Å². The van der Waals surface area contributed by atoms with Crippen molar-refractivity contribution in [3.05, 3.63) is 17.7 Å². The first kappa shape index (κ1) is 6.85. The van der Waals surface area contributed by atoms with Crippen molar-refractivity contribution in [2.45, 2.75) is 25.3 Å². The Labute approximate surface area is 66.2 Å². The van der Waals surface area contributed by atoms with Gasteiger partial charge in [0.25, 0.3) is 0 Å². The van der Waals surface area contributed by atoms with Gasteiger partial charge in [-0.2, -0.15) is 0 Å². The summed E-state index contributed by atoms with van der Waals surface area (Å²) in [4.78, 5) is 4.38. The molecule has 0 radical (unpaired) electrons. The van der Waals surface area contributed by atoms with E-state index in [1.807, 2.05) is 24.7 Å². The third-order valence-corrected chi connectivity index (χ3v) is 2.41. The van der Waals surface area contributed by atoms with Gasteiger partial charge >= 0.3 is 0 Å². The smallest absolute Gasteiger partial charge is 0.105 e. The largest absolute Gasteiger partial charge is 0.338 e. The summed E-state index contributed by atoms with van der Waals surface area (Å²) in [6, 6.07) is 0. The Morgan fingerprint density at radius 2 is 2.27 bits per heavy atom. The first-order valence-corrected chi connectivity index (χ1v) is 3.91. The van der Waals surface area contributed by atoms with Crippen molar-refractivity contribution in [2.24, 2.45) is 12.8 Å². The highest BCUT2D eigenvalue weighted by Crippen LogP contribution is 2.41. The van der Waals surface area contributed by atoms with E-state index in [1.54, 1.807) is 0 Å². The molecule has 0 unspecified atom stereocenters. The lowest BCUT2D eigenvalue weighted by Crippen LogP contribution is -2.18. The molecule has 60 valence electrons. The van der Waals surface area contributed by atoms with Crippen LogP contribution in [-0.4, -0.2) is 9.55 Å². The molecule has 1 aliphatic rings. The Morgan fingerprint density at radius 3 is 2.64 bits per heavy atom. The molecular weight excluding hydrogens is 138 g/mol. The van der Waals surface area contributed by atoms with E-state index in [0.29, 0.717) is 0 Å². The monoisotopic (exact) mass is 151 g/mol. The molecular formula is C8H13N3. The zero-order valence-corrected chi connectivity index (χ0v) is 6.96. The highest BCUT2D eigenvalue weighted by Gasteiger charge is 2.42. The molecule has 1 saturated carbocycles. The number of aryl methyl sites for hydroxylation is 2. The molecule has 0 aliphatic heterocycles. The predicted molar refractivity (Wildman–Crippen MR) is 43.0 cm³/mol. The molecule has 3 nitrogen and oxygen atoms in total. The highest BCUT2D eigenvalue weighted by atomic mass is 15.1. The molecule has 3 heteroatoms. The molecule has 0 amide bonds. The maximum atomic E-state index is 5.97. The maximum Gasteiger partial charge on any atom is 0.105 e. The Balaban J connectivity index is 2.39. The van der Waals surface area contributed by atoms with Crippen molar-refractivity contribution in [1.82, 2.24) is 9.55 Å². The van der Waals surface area contributed by atoms with Crippen molar-refractivity contribution < 1.29 is 0 Å². The lowest BCUT2D eigenvalue weighted by atomic mass is 10.2. The van der Waals surface area contributed by atoms with Crippen LogP contribution in [0.2, 0.25) is 0 Å². The SMILES string of the molecule is Cc1nc(C2(N)CC2)cn1C. The lowest BCUT2D eigenvalue weighted by molar-refractivity contribution is 0.711. The van der Waals surface area contributed by atoms with E-state index in [9.17, 15) is 0 Å². The average Bonchev–Trinajstić information content (AvgIpc) is 2.59. The van der Waals surface area contributed by atoms with Crippen LogP contribution in [0.1, 0.15) is 24.4 Å². The minimum atomic E-state index is -0.0774. The van der Waals surface area contributed by atoms with Gasteiger partial charge in [-0.25, -0.2) is 4.98 Å². The van der Waals surface area contributed by atoms with E-state index < -0.39 is 0 Å². The van der Waals surface area contributed by atoms with Gasteiger partial charge in [0.15, 0.2) is 0 Å². The third kappa shape index (κ3) is 0.959. The van der Waals surface area contributed by atoms with Crippen molar-refractivity contribution in [2.75, 3.05) is 0 Å². The zero-order valence-electron chi connectivity index (χ0n) is 6.96. The van der Waals surface area contributed by atoms with Crippen molar-refractivity contribution in [3.8, 4) is 0 Å². The van der Waals surface area contributed by atoms with Crippen molar-refractivity contribution in [1.29, 1.82) is 0 Å². The molecule has 0 aromatic carbocycles. The Kier molecular flexibility index (Phi) is 1.16. The molecule has 1 aromatic heterocycles. The van der Waals surface area contributed by atoms with E-state index in [4.69, 9.17) is 5.73 Å². The molecule has 0 spiro atoms. The first-order valence-electron chi connectivity index (χ1n) is 3.91. The normalized spacial score (nSPS) is 20.3. The number of nitrogens with two attached hydrogens (primary N) is 1. The molecule has 1 fully saturated rings. The van der Waals surface area contributed by atoms with E-state index in [2.05, 4.69) is 4.98 Å². The minimum absolute atomic E-state index is 0.0774. The van der Waals surface area contributed by atoms with Crippen LogP contribution in [-0.2, 0) is 12.6 Å². The standard InChI is InChI=1S/C8H13N3/c1-6-10-7(5-11(6)2)8(9)3-4-8/h5H,3-4,9H2,1-2H3. The van der Waals surface area contributed by atoms with Crippen LogP contribution in [0.25, 0.3) is 0 Å². The maximum absolute atomic E-state index is 5.97. The number of nitrogens with zero attached hydrogens (tertiary/aromatic N) is 2. The second-order valence-corrected chi connectivity index (χ2v) is 3.44. The number of hydrogen-bond acceptors (Lipinski definition) is 2. The molecule has 0 saturated heterocycles. The molecule has 1 aliphatic carbocycles. The van der Waals surface area contributed by atoms with E-state index >= 15 is 0 Å². The second-order valence-electron chi connectivity index (χ2n) is 3.44. The van der Waals surface area contributed by atoms with Crippen LogP contribution in [0, 0.1) is 6.92 Å². The van der Waals surface area contributed by atoms with Gasteiger partial charge in [-0.3, -0.25) is 0 Å². The highest BCUT2D eigenvalue weighted by molar-refractivity contribution is 5.21. The molecule has 0 atom stereocenters. The number of rotatable bonds is 1. The van der Waals surface area contributed by atoms with E-state index in [0.717, 1.165) is 24.4 Å². The Morgan fingerprint density at radius 1 is 1.64 bits per heavy atom. The summed E-state index contributed by atoms with van der Waals surface area (Å²) in [6.07, 6.45) is 4.20. The van der Waals surface area contributed by atoms with Crippen LogP contribution in [0.5, 0.6) is 0 Å². The number of imidazole rings is 1. The summed E-state index contributed by atoms with van der Waals surface area (Å²) in [6.45, 7) is 2.00. The predicted octanol–water partition coefficient (Wildman–Crippen LogP) is 0.676. The van der Waals surface area contributed by atoms with Crippen LogP contribution >= 0.6 is 0 Å². The summed E-state index contributed by atoms with van der Waals surface area (Å²) in [7, 11) is 2.00. The molecule has 1 aromatic rings. The average molecular weight is 151 g/mol.